The smallest absolute Gasteiger partial charge is 0.136 e. The van der Waals surface area contributed by atoms with Crippen LogP contribution in [0.2, 0.25) is 0 Å². The van der Waals surface area contributed by atoms with E-state index in [-0.39, 0.29) is 0 Å². The molecule has 2 N–H and O–H groups in total. The molecule has 1 aromatic heterocycles. The molecule has 0 fully saturated rings. The first-order valence-electron chi connectivity index (χ1n) is 5.91. The zero-order chi connectivity index (χ0) is 13.7. The normalized spacial score (nSPS) is 10.0. The van der Waals surface area contributed by atoms with Gasteiger partial charge < -0.3 is 10.6 Å². The van der Waals surface area contributed by atoms with Crippen LogP contribution in [0.5, 0.6) is 0 Å². The predicted octanol–water partition coefficient (Wildman–Crippen LogP) is 3.89. The molecule has 19 heavy (non-hydrogen) atoms. The van der Waals surface area contributed by atoms with E-state index >= 15 is 0 Å². The molecule has 2 aromatic rings. The van der Waals surface area contributed by atoms with E-state index in [1.165, 1.54) is 0 Å². The number of hydrogen-bond donors (Lipinski definition) is 2. The topological polar surface area (TPSA) is 49.8 Å². The molecule has 0 unspecified atom stereocenters. The number of aromatic nitrogens is 2. The van der Waals surface area contributed by atoms with Crippen molar-refractivity contribution in [1.82, 2.24) is 9.97 Å². The van der Waals surface area contributed by atoms with E-state index in [4.69, 9.17) is 0 Å². The Labute approximate surface area is 121 Å². The fourth-order valence-corrected chi connectivity index (χ4v) is 1.98. The van der Waals surface area contributed by atoms with E-state index < -0.39 is 0 Å². The van der Waals surface area contributed by atoms with E-state index in [9.17, 15) is 0 Å². The molecule has 0 radical (unpaired) electrons. The van der Waals surface area contributed by atoms with Gasteiger partial charge in [0.25, 0.3) is 0 Å². The van der Waals surface area contributed by atoms with Crippen molar-refractivity contribution in [3.05, 3.63) is 53.3 Å². The van der Waals surface area contributed by atoms with Crippen molar-refractivity contribution in [2.24, 2.45) is 0 Å². The molecule has 2 rings (SSSR count). The molecule has 0 saturated heterocycles. The Morgan fingerprint density at radius 2 is 2.00 bits per heavy atom. The minimum Gasteiger partial charge on any atom is -0.366 e. The van der Waals surface area contributed by atoms with Gasteiger partial charge in [0, 0.05) is 17.1 Å². The number of nitrogens with zero attached hydrogens (tertiary/aromatic N) is 2. The highest BCUT2D eigenvalue weighted by Gasteiger charge is 2.03. The highest BCUT2D eigenvalue weighted by Crippen LogP contribution is 2.25. The zero-order valence-corrected chi connectivity index (χ0v) is 12.2. The lowest BCUT2D eigenvalue weighted by molar-refractivity contribution is 1.05. The van der Waals surface area contributed by atoms with Gasteiger partial charge in [-0.25, -0.2) is 9.97 Å². The minimum atomic E-state index is 0.672. The average Bonchev–Trinajstić information content (AvgIpc) is 2.38. The molecular formula is C14H15BrN4. The van der Waals surface area contributed by atoms with Crippen LogP contribution in [0.25, 0.3) is 0 Å². The van der Waals surface area contributed by atoms with Gasteiger partial charge in [-0.3, -0.25) is 0 Å². The van der Waals surface area contributed by atoms with E-state index in [2.05, 4.69) is 43.1 Å². The Bertz CT molecular complexity index is 583. The summed E-state index contributed by atoms with van der Waals surface area (Å²) in [5.41, 5.74) is 0.968. The molecule has 1 aromatic carbocycles. The van der Waals surface area contributed by atoms with Gasteiger partial charge in [-0.05, 0) is 35.0 Å². The van der Waals surface area contributed by atoms with Crippen LogP contribution < -0.4 is 10.6 Å². The van der Waals surface area contributed by atoms with Crippen LogP contribution in [-0.2, 0) is 0 Å². The van der Waals surface area contributed by atoms with Gasteiger partial charge in [0.05, 0.1) is 5.69 Å². The molecule has 0 aliphatic carbocycles. The molecule has 0 spiro atoms. The summed E-state index contributed by atoms with van der Waals surface area (Å²) >= 11 is 3.50. The number of benzene rings is 1. The molecule has 0 saturated carbocycles. The van der Waals surface area contributed by atoms with E-state index in [1.54, 1.807) is 6.08 Å². The van der Waals surface area contributed by atoms with Crippen molar-refractivity contribution in [2.45, 2.75) is 6.92 Å². The number of hydrogen-bond acceptors (Lipinski definition) is 4. The predicted molar refractivity (Wildman–Crippen MR) is 82.9 cm³/mol. The van der Waals surface area contributed by atoms with E-state index in [1.807, 2.05) is 37.3 Å². The van der Waals surface area contributed by atoms with Gasteiger partial charge >= 0.3 is 0 Å². The maximum absolute atomic E-state index is 4.37. The first kappa shape index (κ1) is 13.5. The van der Waals surface area contributed by atoms with Crippen molar-refractivity contribution < 1.29 is 0 Å². The van der Waals surface area contributed by atoms with Gasteiger partial charge in [-0.15, -0.1) is 6.58 Å². The second kappa shape index (κ2) is 6.33. The molecular weight excluding hydrogens is 304 g/mol. The number of halogens is 1. The second-order valence-corrected chi connectivity index (χ2v) is 4.81. The van der Waals surface area contributed by atoms with Gasteiger partial charge in [0.2, 0.25) is 0 Å². The monoisotopic (exact) mass is 318 g/mol. The zero-order valence-electron chi connectivity index (χ0n) is 10.7. The quantitative estimate of drug-likeness (QED) is 0.821. The Morgan fingerprint density at radius 1 is 1.26 bits per heavy atom. The van der Waals surface area contributed by atoms with Crippen LogP contribution in [0.15, 0.2) is 47.5 Å². The Kier molecular flexibility index (Phi) is 4.52. The first-order valence-corrected chi connectivity index (χ1v) is 6.70. The summed E-state index contributed by atoms with van der Waals surface area (Å²) in [6.45, 7) is 6.21. The molecule has 0 atom stereocenters. The van der Waals surface area contributed by atoms with Crippen molar-refractivity contribution >= 4 is 33.3 Å². The molecule has 5 heteroatoms. The minimum absolute atomic E-state index is 0.672. The van der Waals surface area contributed by atoms with Crippen LogP contribution in [-0.4, -0.2) is 16.5 Å². The Hall–Kier alpha value is -1.88. The molecule has 98 valence electrons. The van der Waals surface area contributed by atoms with Crippen LogP contribution in [0.1, 0.15) is 5.82 Å². The van der Waals surface area contributed by atoms with Gasteiger partial charge in [-0.2, -0.15) is 0 Å². The number of para-hydroxylation sites is 1. The maximum Gasteiger partial charge on any atom is 0.136 e. The number of anilines is 3. The Morgan fingerprint density at radius 3 is 2.74 bits per heavy atom. The molecule has 0 amide bonds. The fraction of sp³-hybridized carbons (Fsp3) is 0.143. The molecule has 0 bridgehead atoms. The fourth-order valence-electron chi connectivity index (χ4n) is 1.60. The summed E-state index contributed by atoms with van der Waals surface area (Å²) in [4.78, 5) is 8.68. The lowest BCUT2D eigenvalue weighted by atomic mass is 10.3. The molecule has 4 nitrogen and oxygen atoms in total. The molecule has 1 heterocycles. The molecule has 0 aliphatic heterocycles. The number of nitrogens with one attached hydrogen (secondary N) is 2. The van der Waals surface area contributed by atoms with Crippen molar-refractivity contribution in [3.8, 4) is 0 Å². The largest absolute Gasteiger partial charge is 0.366 e. The van der Waals surface area contributed by atoms with Gasteiger partial charge in [0.1, 0.15) is 17.5 Å². The summed E-state index contributed by atoms with van der Waals surface area (Å²) in [6.07, 6.45) is 1.79. The summed E-state index contributed by atoms with van der Waals surface area (Å²) < 4.78 is 0.992. The van der Waals surface area contributed by atoms with Crippen LogP contribution in [0, 0.1) is 6.92 Å². The van der Waals surface area contributed by atoms with Crippen LogP contribution in [0.4, 0.5) is 17.3 Å². The summed E-state index contributed by atoms with van der Waals surface area (Å²) in [5, 5.41) is 6.42. The van der Waals surface area contributed by atoms with Gasteiger partial charge in [0.15, 0.2) is 0 Å². The third kappa shape index (κ3) is 3.79. The average molecular weight is 319 g/mol. The van der Waals surface area contributed by atoms with Crippen molar-refractivity contribution in [3.63, 3.8) is 0 Å². The lowest BCUT2D eigenvalue weighted by Gasteiger charge is -2.10. The number of aryl methyl sites for hydroxylation is 1. The summed E-state index contributed by atoms with van der Waals surface area (Å²) in [6, 6.07) is 9.77. The third-order valence-corrected chi connectivity index (χ3v) is 3.09. The van der Waals surface area contributed by atoms with Crippen LogP contribution in [0.3, 0.4) is 0 Å². The lowest BCUT2D eigenvalue weighted by Crippen LogP contribution is -2.04. The first-order chi connectivity index (χ1) is 9.19. The summed E-state index contributed by atoms with van der Waals surface area (Å²) in [5.74, 6) is 2.25. The van der Waals surface area contributed by atoms with Crippen molar-refractivity contribution in [1.29, 1.82) is 0 Å². The standard InChI is InChI=1S/C14H15BrN4/c1-3-8-16-13-9-14(18-10(2)17-13)19-12-7-5-4-6-11(12)15/h3-7,9H,1,8H2,2H3,(H2,16,17,18,19). The second-order valence-electron chi connectivity index (χ2n) is 3.96. The molecule has 0 aliphatic rings. The summed E-state index contributed by atoms with van der Waals surface area (Å²) in [7, 11) is 0. The SMILES string of the molecule is C=CCNc1cc(Nc2ccccc2Br)nc(C)n1. The van der Waals surface area contributed by atoms with Crippen molar-refractivity contribution in [2.75, 3.05) is 17.2 Å². The highest BCUT2D eigenvalue weighted by molar-refractivity contribution is 9.10. The van der Waals surface area contributed by atoms with Crippen LogP contribution >= 0.6 is 15.9 Å². The van der Waals surface area contributed by atoms with E-state index in [0.29, 0.717) is 12.4 Å². The van der Waals surface area contributed by atoms with E-state index in [0.717, 1.165) is 21.8 Å². The highest BCUT2D eigenvalue weighted by atomic mass is 79.9. The Balaban J connectivity index is 2.22. The number of rotatable bonds is 5. The van der Waals surface area contributed by atoms with Gasteiger partial charge in [-0.1, -0.05) is 18.2 Å². The maximum atomic E-state index is 4.37. The third-order valence-electron chi connectivity index (χ3n) is 2.40.